The highest BCUT2D eigenvalue weighted by atomic mass is 35.5. The second-order valence-corrected chi connectivity index (χ2v) is 6.97. The van der Waals surface area contributed by atoms with Crippen LogP contribution in [-0.2, 0) is 14.3 Å². The van der Waals surface area contributed by atoms with E-state index in [1.165, 1.54) is 7.11 Å². The summed E-state index contributed by atoms with van der Waals surface area (Å²) in [6, 6.07) is 6.15. The average Bonchev–Trinajstić information content (AvgIpc) is 2.69. The number of piperazine rings is 1. The van der Waals surface area contributed by atoms with Gasteiger partial charge < -0.3 is 10.1 Å². The molecular formula is C19H27ClN4O4. The summed E-state index contributed by atoms with van der Waals surface area (Å²) in [4.78, 5) is 39.9. The number of ether oxygens (including phenoxy) is 1. The summed E-state index contributed by atoms with van der Waals surface area (Å²) in [5.41, 5.74) is 0.704. The maximum Gasteiger partial charge on any atom is 0.327 e. The first-order valence-electron chi connectivity index (χ1n) is 9.32. The molecule has 1 aromatic rings. The third kappa shape index (κ3) is 6.19. The van der Waals surface area contributed by atoms with E-state index in [1.807, 2.05) is 34.9 Å². The van der Waals surface area contributed by atoms with Crippen LogP contribution in [0.25, 0.3) is 0 Å². The van der Waals surface area contributed by atoms with Crippen LogP contribution in [0.1, 0.15) is 24.9 Å². The molecule has 1 unspecified atom stereocenters. The zero-order valence-electron chi connectivity index (χ0n) is 16.2. The third-order valence-corrected chi connectivity index (χ3v) is 4.90. The van der Waals surface area contributed by atoms with Gasteiger partial charge in [-0.2, -0.15) is 0 Å². The Kier molecular flexibility index (Phi) is 8.69. The number of nitrogens with zero attached hydrogens (tertiary/aromatic N) is 2. The van der Waals surface area contributed by atoms with E-state index < -0.39 is 12.1 Å². The monoisotopic (exact) mass is 410 g/mol. The van der Waals surface area contributed by atoms with Crippen molar-refractivity contribution in [1.82, 2.24) is 20.4 Å². The molecule has 0 bridgehead atoms. The molecule has 1 heterocycles. The van der Waals surface area contributed by atoms with Gasteiger partial charge in [0.15, 0.2) is 0 Å². The Labute approximate surface area is 170 Å². The first kappa shape index (κ1) is 22.1. The molecule has 1 saturated heterocycles. The molecule has 1 aliphatic rings. The molecule has 1 aliphatic heterocycles. The van der Waals surface area contributed by atoms with Crippen molar-refractivity contribution in [2.45, 2.75) is 19.4 Å². The van der Waals surface area contributed by atoms with Gasteiger partial charge in [0, 0.05) is 37.7 Å². The molecule has 0 aromatic heterocycles. The van der Waals surface area contributed by atoms with Crippen LogP contribution in [0.4, 0.5) is 4.79 Å². The lowest BCUT2D eigenvalue weighted by Gasteiger charge is -2.38. The lowest BCUT2D eigenvalue weighted by atomic mass is 10.0. The minimum atomic E-state index is -0.588. The van der Waals surface area contributed by atoms with Gasteiger partial charge in [0.05, 0.1) is 13.7 Å². The van der Waals surface area contributed by atoms with Crippen LogP contribution < -0.4 is 10.6 Å². The minimum absolute atomic E-state index is 0.127. The fourth-order valence-electron chi connectivity index (χ4n) is 3.11. The molecule has 8 nitrogen and oxygen atoms in total. The third-order valence-electron chi connectivity index (χ3n) is 4.55. The van der Waals surface area contributed by atoms with Crippen LogP contribution in [0.3, 0.4) is 0 Å². The number of carbonyl (C=O) groups is 3. The van der Waals surface area contributed by atoms with Gasteiger partial charge in [-0.3, -0.25) is 19.9 Å². The first-order valence-corrected chi connectivity index (χ1v) is 9.70. The van der Waals surface area contributed by atoms with Crippen molar-refractivity contribution in [3.05, 3.63) is 34.9 Å². The smallest absolute Gasteiger partial charge is 0.327 e. The van der Waals surface area contributed by atoms with Crippen molar-refractivity contribution >= 4 is 29.5 Å². The number of carbonyl (C=O) groups excluding carboxylic acids is 3. The second kappa shape index (κ2) is 11.0. The Hall–Kier alpha value is -2.16. The zero-order chi connectivity index (χ0) is 20.5. The van der Waals surface area contributed by atoms with E-state index in [4.69, 9.17) is 16.3 Å². The molecule has 1 fully saturated rings. The number of methoxy groups -OCH3 is 1. The maximum atomic E-state index is 12.4. The van der Waals surface area contributed by atoms with Crippen LogP contribution in [0, 0.1) is 0 Å². The van der Waals surface area contributed by atoms with Crippen LogP contribution in [-0.4, -0.2) is 74.1 Å². The molecule has 0 aliphatic carbocycles. The van der Waals surface area contributed by atoms with Gasteiger partial charge in [-0.25, -0.2) is 9.59 Å². The van der Waals surface area contributed by atoms with Gasteiger partial charge in [0.25, 0.3) is 0 Å². The van der Waals surface area contributed by atoms with E-state index >= 15 is 0 Å². The van der Waals surface area contributed by atoms with Gasteiger partial charge >= 0.3 is 12.0 Å². The standard InChI is InChI=1S/C19H27ClN4O4/c1-3-8-21-19(27)22-16(25)13-23-9-11-24(12-10-23)17(18(26)28-2)14-6-4-5-7-15(14)20/h4-7,17H,3,8-13H2,1-2H3,(H2,21,22,25,27). The summed E-state index contributed by atoms with van der Waals surface area (Å²) in [7, 11) is 1.36. The highest BCUT2D eigenvalue weighted by Gasteiger charge is 2.32. The molecule has 2 rings (SSSR count). The number of esters is 1. The molecular weight excluding hydrogens is 384 g/mol. The topological polar surface area (TPSA) is 91.0 Å². The summed E-state index contributed by atoms with van der Waals surface area (Å²) in [5, 5.41) is 5.44. The highest BCUT2D eigenvalue weighted by molar-refractivity contribution is 6.31. The number of rotatable bonds is 7. The number of hydrogen-bond donors (Lipinski definition) is 2. The Bertz CT molecular complexity index is 692. The van der Waals surface area contributed by atoms with E-state index in [2.05, 4.69) is 10.6 Å². The Morgan fingerprint density at radius 1 is 1.18 bits per heavy atom. The molecule has 3 amide bonds. The van der Waals surface area contributed by atoms with Crippen molar-refractivity contribution in [2.75, 3.05) is 46.4 Å². The van der Waals surface area contributed by atoms with E-state index in [9.17, 15) is 14.4 Å². The molecule has 9 heteroatoms. The lowest BCUT2D eigenvalue weighted by Crippen LogP contribution is -2.52. The summed E-state index contributed by atoms with van der Waals surface area (Å²) in [5.74, 6) is -0.718. The van der Waals surface area contributed by atoms with Gasteiger partial charge in [-0.1, -0.05) is 36.7 Å². The van der Waals surface area contributed by atoms with Crippen LogP contribution in [0.15, 0.2) is 24.3 Å². The average molecular weight is 411 g/mol. The summed E-state index contributed by atoms with van der Waals surface area (Å²) >= 11 is 6.29. The van der Waals surface area contributed by atoms with E-state index in [0.717, 1.165) is 6.42 Å². The lowest BCUT2D eigenvalue weighted by molar-refractivity contribution is -0.148. The minimum Gasteiger partial charge on any atom is -0.468 e. The number of urea groups is 1. The zero-order valence-corrected chi connectivity index (χ0v) is 17.0. The van der Waals surface area contributed by atoms with Crippen molar-refractivity contribution in [3.8, 4) is 0 Å². The Morgan fingerprint density at radius 3 is 2.46 bits per heavy atom. The molecule has 1 atom stereocenters. The van der Waals surface area contributed by atoms with Crippen LogP contribution in [0.2, 0.25) is 5.02 Å². The summed E-state index contributed by atoms with van der Waals surface area (Å²) < 4.78 is 4.98. The molecule has 0 saturated carbocycles. The van der Waals surface area contributed by atoms with Crippen LogP contribution >= 0.6 is 11.6 Å². The molecule has 0 spiro atoms. The van der Waals surface area contributed by atoms with E-state index in [-0.39, 0.29) is 18.4 Å². The maximum absolute atomic E-state index is 12.4. The number of halogens is 1. The van der Waals surface area contributed by atoms with Gasteiger partial charge in [-0.05, 0) is 18.1 Å². The fourth-order valence-corrected chi connectivity index (χ4v) is 3.35. The van der Waals surface area contributed by atoms with Gasteiger partial charge in [-0.15, -0.1) is 0 Å². The van der Waals surface area contributed by atoms with Gasteiger partial charge in [0.2, 0.25) is 5.91 Å². The predicted octanol–water partition coefficient (Wildman–Crippen LogP) is 1.41. The first-order chi connectivity index (χ1) is 13.5. The SMILES string of the molecule is CCCNC(=O)NC(=O)CN1CCN(C(C(=O)OC)c2ccccc2Cl)CC1. The number of amides is 3. The normalized spacial score (nSPS) is 16.2. The number of nitrogens with one attached hydrogen (secondary N) is 2. The molecule has 1 aromatic carbocycles. The quantitative estimate of drug-likeness (QED) is 0.660. The number of hydrogen-bond acceptors (Lipinski definition) is 6. The molecule has 0 radical (unpaired) electrons. The van der Waals surface area contributed by atoms with E-state index in [1.54, 1.807) is 6.07 Å². The Morgan fingerprint density at radius 2 is 1.86 bits per heavy atom. The molecule has 28 heavy (non-hydrogen) atoms. The summed E-state index contributed by atoms with van der Waals surface area (Å²) in [6.45, 7) is 4.90. The highest BCUT2D eigenvalue weighted by Crippen LogP contribution is 2.29. The van der Waals surface area contributed by atoms with Crippen molar-refractivity contribution in [2.24, 2.45) is 0 Å². The largest absolute Gasteiger partial charge is 0.468 e. The van der Waals surface area contributed by atoms with E-state index in [0.29, 0.717) is 43.3 Å². The van der Waals surface area contributed by atoms with Crippen molar-refractivity contribution < 1.29 is 19.1 Å². The molecule has 2 N–H and O–H groups in total. The Balaban J connectivity index is 1.92. The molecule has 154 valence electrons. The van der Waals surface area contributed by atoms with Crippen molar-refractivity contribution in [3.63, 3.8) is 0 Å². The predicted molar refractivity (Wildman–Crippen MR) is 106 cm³/mol. The van der Waals surface area contributed by atoms with Gasteiger partial charge in [0.1, 0.15) is 6.04 Å². The summed E-state index contributed by atoms with van der Waals surface area (Å²) in [6.07, 6.45) is 0.802. The van der Waals surface area contributed by atoms with Crippen molar-refractivity contribution in [1.29, 1.82) is 0 Å². The number of imide groups is 1. The fraction of sp³-hybridized carbons (Fsp3) is 0.526. The second-order valence-electron chi connectivity index (χ2n) is 6.56. The van der Waals surface area contributed by atoms with Crippen LogP contribution in [0.5, 0.6) is 0 Å². The number of benzene rings is 1.